The molecule has 1 aliphatic heterocycles. The van der Waals surface area contributed by atoms with Gasteiger partial charge in [0.2, 0.25) is 5.91 Å². The monoisotopic (exact) mass is 470 g/mol. The first-order valence-electron chi connectivity index (χ1n) is 11.3. The molecule has 3 heterocycles. The van der Waals surface area contributed by atoms with Crippen LogP contribution >= 0.6 is 22.9 Å². The summed E-state index contributed by atoms with van der Waals surface area (Å²) in [5, 5.41) is 4.25. The molecule has 0 unspecified atom stereocenters. The van der Waals surface area contributed by atoms with Crippen LogP contribution in [0.25, 0.3) is 10.2 Å². The highest BCUT2D eigenvalue weighted by molar-refractivity contribution is 7.18. The lowest BCUT2D eigenvalue weighted by molar-refractivity contribution is -0.116. The highest BCUT2D eigenvalue weighted by Crippen LogP contribution is 2.34. The van der Waals surface area contributed by atoms with Crippen molar-refractivity contribution in [3.05, 3.63) is 55.4 Å². The Kier molecular flexibility index (Phi) is 6.05. The number of fused-ring (bicyclic) bond motifs is 3. The number of anilines is 1. The first-order valence-corrected chi connectivity index (χ1v) is 12.5. The maximum absolute atomic E-state index is 13.7. The molecule has 0 radical (unpaired) electrons. The number of hydrogen-bond donors (Lipinski definition) is 1. The Balaban J connectivity index is 1.53. The standard InChI is InChI=1S/C24H27ClN4O2S/c1-15-17(25)8-6-9-18(15)26-21(30)14-29-20(13-28-11-4-5-12-28)27-23-22(24(29)31)16-7-2-3-10-19(16)32-23/h6,8-9H,2-5,7,10-14H2,1H3,(H,26,30). The zero-order valence-corrected chi connectivity index (χ0v) is 19.8. The molecule has 1 fully saturated rings. The summed E-state index contributed by atoms with van der Waals surface area (Å²) in [6, 6.07) is 5.42. The normalized spacial score (nSPS) is 16.4. The van der Waals surface area contributed by atoms with Crippen LogP contribution in [0, 0.1) is 6.92 Å². The van der Waals surface area contributed by atoms with Crippen molar-refractivity contribution in [2.45, 2.75) is 58.5 Å². The Bertz CT molecular complexity index is 1240. The third-order valence-electron chi connectivity index (χ3n) is 6.56. The van der Waals surface area contributed by atoms with Gasteiger partial charge in [-0.25, -0.2) is 4.98 Å². The van der Waals surface area contributed by atoms with Gasteiger partial charge in [0.15, 0.2) is 0 Å². The fourth-order valence-electron chi connectivity index (χ4n) is 4.78. The van der Waals surface area contributed by atoms with E-state index in [1.807, 2.05) is 13.0 Å². The van der Waals surface area contributed by atoms with E-state index >= 15 is 0 Å². The smallest absolute Gasteiger partial charge is 0.263 e. The number of thiophene rings is 1. The van der Waals surface area contributed by atoms with Gasteiger partial charge in [0, 0.05) is 15.6 Å². The summed E-state index contributed by atoms with van der Waals surface area (Å²) < 4.78 is 1.59. The molecule has 1 saturated heterocycles. The van der Waals surface area contributed by atoms with Gasteiger partial charge in [-0.05, 0) is 81.8 Å². The lowest BCUT2D eigenvalue weighted by atomic mass is 9.97. The number of carbonyl (C=O) groups excluding carboxylic acids is 1. The third-order valence-corrected chi connectivity index (χ3v) is 8.16. The first kappa shape index (κ1) is 21.6. The molecule has 1 amide bonds. The molecule has 2 aliphatic rings. The minimum absolute atomic E-state index is 0.0540. The molecule has 0 bridgehead atoms. The molecule has 1 N–H and O–H groups in total. The van der Waals surface area contributed by atoms with Crippen LogP contribution in [-0.2, 0) is 30.7 Å². The number of benzene rings is 1. The number of amides is 1. The van der Waals surface area contributed by atoms with Crippen LogP contribution in [0.3, 0.4) is 0 Å². The average Bonchev–Trinajstić information content (AvgIpc) is 3.41. The Hall–Kier alpha value is -2.22. The van der Waals surface area contributed by atoms with Crippen LogP contribution in [0.2, 0.25) is 5.02 Å². The van der Waals surface area contributed by atoms with Gasteiger partial charge in [-0.15, -0.1) is 11.3 Å². The Morgan fingerprint density at radius 3 is 2.78 bits per heavy atom. The number of rotatable bonds is 5. The molecule has 8 heteroatoms. The molecule has 3 aromatic rings. The van der Waals surface area contributed by atoms with Crippen molar-refractivity contribution in [1.29, 1.82) is 0 Å². The zero-order chi connectivity index (χ0) is 22.2. The molecule has 168 valence electrons. The van der Waals surface area contributed by atoms with Crippen LogP contribution < -0.4 is 10.9 Å². The van der Waals surface area contributed by atoms with E-state index in [-0.39, 0.29) is 18.0 Å². The summed E-state index contributed by atoms with van der Waals surface area (Å²) in [6.45, 7) is 4.42. The summed E-state index contributed by atoms with van der Waals surface area (Å²) in [6.07, 6.45) is 6.53. The fourth-order valence-corrected chi connectivity index (χ4v) is 6.23. The molecular formula is C24H27ClN4O2S. The molecule has 2 aromatic heterocycles. The number of hydrogen-bond acceptors (Lipinski definition) is 5. The van der Waals surface area contributed by atoms with Crippen molar-refractivity contribution in [1.82, 2.24) is 14.5 Å². The van der Waals surface area contributed by atoms with Gasteiger partial charge in [-0.1, -0.05) is 17.7 Å². The van der Waals surface area contributed by atoms with E-state index in [1.165, 1.54) is 4.88 Å². The van der Waals surface area contributed by atoms with Crippen LogP contribution in [0.15, 0.2) is 23.0 Å². The van der Waals surface area contributed by atoms with Gasteiger partial charge in [0.25, 0.3) is 5.56 Å². The first-order chi connectivity index (χ1) is 15.5. The third kappa shape index (κ3) is 4.09. The van der Waals surface area contributed by atoms with E-state index in [9.17, 15) is 9.59 Å². The van der Waals surface area contributed by atoms with E-state index in [0.717, 1.165) is 73.0 Å². The van der Waals surface area contributed by atoms with Crippen molar-refractivity contribution in [2.75, 3.05) is 18.4 Å². The van der Waals surface area contributed by atoms with Crippen molar-refractivity contribution in [3.8, 4) is 0 Å². The molecule has 6 nitrogen and oxygen atoms in total. The number of nitrogens with one attached hydrogen (secondary N) is 1. The Labute approximate surface area is 196 Å². The van der Waals surface area contributed by atoms with E-state index in [4.69, 9.17) is 16.6 Å². The Morgan fingerprint density at radius 2 is 1.97 bits per heavy atom. The number of halogens is 1. The summed E-state index contributed by atoms with van der Waals surface area (Å²) in [5.41, 5.74) is 2.55. The lowest BCUT2D eigenvalue weighted by Crippen LogP contribution is -2.34. The molecule has 0 atom stereocenters. The van der Waals surface area contributed by atoms with Crippen molar-refractivity contribution in [2.24, 2.45) is 0 Å². The quantitative estimate of drug-likeness (QED) is 0.594. The maximum atomic E-state index is 13.7. The van der Waals surface area contributed by atoms with Crippen molar-refractivity contribution in [3.63, 3.8) is 0 Å². The number of likely N-dealkylation sites (tertiary alicyclic amines) is 1. The van der Waals surface area contributed by atoms with E-state index in [0.29, 0.717) is 23.1 Å². The number of carbonyl (C=O) groups is 1. The molecule has 1 aromatic carbocycles. The van der Waals surface area contributed by atoms with Gasteiger partial charge in [0.05, 0.1) is 11.9 Å². The second-order valence-electron chi connectivity index (χ2n) is 8.75. The summed E-state index contributed by atoms with van der Waals surface area (Å²) >= 11 is 7.86. The molecule has 1 aliphatic carbocycles. The van der Waals surface area contributed by atoms with Crippen LogP contribution in [0.4, 0.5) is 5.69 Å². The van der Waals surface area contributed by atoms with Crippen molar-refractivity contribution < 1.29 is 4.79 Å². The van der Waals surface area contributed by atoms with Gasteiger partial charge >= 0.3 is 0 Å². The van der Waals surface area contributed by atoms with Gasteiger partial charge in [-0.2, -0.15) is 0 Å². The van der Waals surface area contributed by atoms with E-state index < -0.39 is 0 Å². The zero-order valence-electron chi connectivity index (χ0n) is 18.2. The average molecular weight is 471 g/mol. The minimum atomic E-state index is -0.245. The number of nitrogens with zero attached hydrogens (tertiary/aromatic N) is 3. The number of aromatic nitrogens is 2. The molecule has 32 heavy (non-hydrogen) atoms. The van der Waals surface area contributed by atoms with Gasteiger partial charge in [-0.3, -0.25) is 19.1 Å². The molecule has 5 rings (SSSR count). The molecule has 0 spiro atoms. The fraction of sp³-hybridized carbons (Fsp3) is 0.458. The summed E-state index contributed by atoms with van der Waals surface area (Å²) in [4.78, 5) is 36.0. The maximum Gasteiger partial charge on any atom is 0.263 e. The SMILES string of the molecule is Cc1c(Cl)cccc1NC(=O)Cn1c(CN2CCCC2)nc2sc3c(c2c1=O)CCCC3. The highest BCUT2D eigenvalue weighted by atomic mass is 35.5. The number of aryl methyl sites for hydroxylation is 2. The van der Waals surface area contributed by atoms with Crippen LogP contribution in [0.1, 0.15) is 47.5 Å². The second kappa shape index (κ2) is 8.96. The highest BCUT2D eigenvalue weighted by Gasteiger charge is 2.24. The molecular weight excluding hydrogens is 444 g/mol. The van der Waals surface area contributed by atoms with Crippen LogP contribution in [0.5, 0.6) is 0 Å². The predicted molar refractivity (Wildman–Crippen MR) is 130 cm³/mol. The van der Waals surface area contributed by atoms with E-state index in [1.54, 1.807) is 28.0 Å². The van der Waals surface area contributed by atoms with Gasteiger partial charge in [0.1, 0.15) is 17.2 Å². The van der Waals surface area contributed by atoms with Crippen molar-refractivity contribution >= 4 is 44.7 Å². The van der Waals surface area contributed by atoms with E-state index in [2.05, 4.69) is 10.2 Å². The predicted octanol–water partition coefficient (Wildman–Crippen LogP) is 4.53. The lowest BCUT2D eigenvalue weighted by Gasteiger charge is -2.19. The summed E-state index contributed by atoms with van der Waals surface area (Å²) in [5.74, 6) is 0.436. The topological polar surface area (TPSA) is 67.2 Å². The Morgan fingerprint density at radius 1 is 1.19 bits per heavy atom. The minimum Gasteiger partial charge on any atom is -0.324 e. The molecule has 0 saturated carbocycles. The van der Waals surface area contributed by atoms with Crippen LogP contribution in [-0.4, -0.2) is 33.4 Å². The second-order valence-corrected chi connectivity index (χ2v) is 10.2. The largest absolute Gasteiger partial charge is 0.324 e. The summed E-state index contributed by atoms with van der Waals surface area (Å²) in [7, 11) is 0. The van der Waals surface area contributed by atoms with Gasteiger partial charge < -0.3 is 5.32 Å².